The van der Waals surface area contributed by atoms with Gasteiger partial charge in [0.1, 0.15) is 4.83 Å². The van der Waals surface area contributed by atoms with Gasteiger partial charge in [0.2, 0.25) is 0 Å². The standard InChI is InChI=1S/C11H13BrF2O2/c1-6-4-8(15-2)9(16-3)5-7(6)10(12)11(13)14/h4-5,10-11H,1-3H3. The molecule has 1 aromatic rings. The Labute approximate surface area is 102 Å². The van der Waals surface area contributed by atoms with Crippen molar-refractivity contribution in [2.45, 2.75) is 18.2 Å². The van der Waals surface area contributed by atoms with Gasteiger partial charge in [-0.05, 0) is 30.2 Å². The highest BCUT2D eigenvalue weighted by Gasteiger charge is 2.22. The molecular weight excluding hydrogens is 282 g/mol. The molecule has 0 spiro atoms. The maximum Gasteiger partial charge on any atom is 0.255 e. The maximum absolute atomic E-state index is 12.6. The highest BCUT2D eigenvalue weighted by Crippen LogP contribution is 2.38. The molecule has 0 saturated heterocycles. The maximum atomic E-state index is 12.6. The number of hydrogen-bond donors (Lipinski definition) is 0. The fraction of sp³-hybridized carbons (Fsp3) is 0.455. The molecule has 16 heavy (non-hydrogen) atoms. The van der Waals surface area contributed by atoms with E-state index in [1.807, 2.05) is 0 Å². The van der Waals surface area contributed by atoms with Crippen molar-refractivity contribution in [1.29, 1.82) is 0 Å². The van der Waals surface area contributed by atoms with Gasteiger partial charge in [-0.2, -0.15) is 0 Å². The minimum Gasteiger partial charge on any atom is -0.493 e. The molecule has 1 unspecified atom stereocenters. The number of alkyl halides is 3. The molecule has 0 aliphatic heterocycles. The molecule has 0 heterocycles. The van der Waals surface area contributed by atoms with Crippen LogP contribution >= 0.6 is 15.9 Å². The Morgan fingerprint density at radius 1 is 1.12 bits per heavy atom. The number of halogens is 3. The first-order valence-electron chi connectivity index (χ1n) is 4.66. The zero-order valence-electron chi connectivity index (χ0n) is 9.26. The van der Waals surface area contributed by atoms with Crippen LogP contribution < -0.4 is 9.47 Å². The largest absolute Gasteiger partial charge is 0.493 e. The lowest BCUT2D eigenvalue weighted by Crippen LogP contribution is -2.04. The fourth-order valence-electron chi connectivity index (χ4n) is 1.43. The van der Waals surface area contributed by atoms with Gasteiger partial charge in [0.05, 0.1) is 14.2 Å². The molecule has 90 valence electrons. The molecule has 5 heteroatoms. The first-order chi connectivity index (χ1) is 7.51. The van der Waals surface area contributed by atoms with Gasteiger partial charge in [0, 0.05) is 0 Å². The summed E-state index contributed by atoms with van der Waals surface area (Å²) in [5, 5.41) is 0. The summed E-state index contributed by atoms with van der Waals surface area (Å²) in [4.78, 5) is -0.993. The number of benzene rings is 1. The summed E-state index contributed by atoms with van der Waals surface area (Å²) >= 11 is 2.96. The van der Waals surface area contributed by atoms with Crippen LogP contribution in [0.4, 0.5) is 8.78 Å². The van der Waals surface area contributed by atoms with Crippen LogP contribution in [0.5, 0.6) is 11.5 Å². The smallest absolute Gasteiger partial charge is 0.255 e. The molecular formula is C11H13BrF2O2. The molecule has 1 rings (SSSR count). The van der Waals surface area contributed by atoms with Crippen LogP contribution in [0.1, 0.15) is 16.0 Å². The van der Waals surface area contributed by atoms with E-state index in [2.05, 4.69) is 15.9 Å². The molecule has 0 N–H and O–H groups in total. The van der Waals surface area contributed by atoms with Gasteiger partial charge >= 0.3 is 0 Å². The van der Waals surface area contributed by atoms with E-state index in [0.717, 1.165) is 5.56 Å². The van der Waals surface area contributed by atoms with E-state index < -0.39 is 11.3 Å². The third-order valence-corrected chi connectivity index (χ3v) is 3.18. The molecule has 0 aliphatic rings. The lowest BCUT2D eigenvalue weighted by molar-refractivity contribution is 0.147. The zero-order valence-corrected chi connectivity index (χ0v) is 10.8. The Hall–Kier alpha value is -0.840. The average molecular weight is 295 g/mol. The Bertz CT molecular complexity index is 369. The molecule has 0 fully saturated rings. The fourth-order valence-corrected chi connectivity index (χ4v) is 1.92. The summed E-state index contributed by atoms with van der Waals surface area (Å²) in [6.07, 6.45) is -2.46. The quantitative estimate of drug-likeness (QED) is 0.788. The van der Waals surface area contributed by atoms with Gasteiger partial charge in [-0.3, -0.25) is 0 Å². The summed E-state index contributed by atoms with van der Waals surface area (Å²) in [6.45, 7) is 1.76. The van der Waals surface area contributed by atoms with E-state index in [-0.39, 0.29) is 0 Å². The highest BCUT2D eigenvalue weighted by molar-refractivity contribution is 9.09. The topological polar surface area (TPSA) is 18.5 Å². The van der Waals surface area contributed by atoms with Gasteiger partial charge in [-0.15, -0.1) is 0 Å². The van der Waals surface area contributed by atoms with Crippen molar-refractivity contribution in [1.82, 2.24) is 0 Å². The van der Waals surface area contributed by atoms with E-state index in [1.165, 1.54) is 14.2 Å². The van der Waals surface area contributed by atoms with Gasteiger partial charge in [-0.25, -0.2) is 8.78 Å². The summed E-state index contributed by atoms with van der Waals surface area (Å²) in [6, 6.07) is 3.25. The van der Waals surface area contributed by atoms with Gasteiger partial charge < -0.3 is 9.47 Å². The first kappa shape index (κ1) is 13.2. The lowest BCUT2D eigenvalue weighted by Gasteiger charge is -2.16. The van der Waals surface area contributed by atoms with Crippen LogP contribution in [0.25, 0.3) is 0 Å². The molecule has 1 atom stereocenters. The molecule has 1 aromatic carbocycles. The zero-order chi connectivity index (χ0) is 12.3. The van der Waals surface area contributed by atoms with Crippen LogP contribution in [0, 0.1) is 6.92 Å². The minimum atomic E-state index is -2.46. The van der Waals surface area contributed by atoms with Crippen LogP contribution in [-0.2, 0) is 0 Å². The van der Waals surface area contributed by atoms with E-state index >= 15 is 0 Å². The Balaban J connectivity index is 3.21. The SMILES string of the molecule is COc1cc(C)c(C(Br)C(F)F)cc1OC. The van der Waals surface area contributed by atoms with Crippen molar-refractivity contribution in [2.24, 2.45) is 0 Å². The second kappa shape index (κ2) is 5.48. The summed E-state index contributed by atoms with van der Waals surface area (Å²) in [5.41, 5.74) is 1.24. The molecule has 0 amide bonds. The Kier molecular flexibility index (Phi) is 4.53. The van der Waals surface area contributed by atoms with Crippen molar-refractivity contribution in [2.75, 3.05) is 14.2 Å². The third-order valence-electron chi connectivity index (χ3n) is 2.29. The first-order valence-corrected chi connectivity index (χ1v) is 5.57. The number of rotatable bonds is 4. The number of methoxy groups -OCH3 is 2. The van der Waals surface area contributed by atoms with Crippen molar-refractivity contribution in [3.63, 3.8) is 0 Å². The normalized spacial score (nSPS) is 12.7. The van der Waals surface area contributed by atoms with Gasteiger partial charge in [0.25, 0.3) is 6.43 Å². The van der Waals surface area contributed by atoms with Gasteiger partial charge in [-0.1, -0.05) is 15.9 Å². The van der Waals surface area contributed by atoms with Crippen molar-refractivity contribution < 1.29 is 18.3 Å². The molecule has 0 aliphatic carbocycles. The monoisotopic (exact) mass is 294 g/mol. The second-order valence-electron chi connectivity index (χ2n) is 3.30. The predicted molar refractivity (Wildman–Crippen MR) is 62.0 cm³/mol. The summed E-state index contributed by atoms with van der Waals surface area (Å²) < 4.78 is 35.3. The van der Waals surface area contributed by atoms with E-state index in [0.29, 0.717) is 17.1 Å². The van der Waals surface area contributed by atoms with E-state index in [9.17, 15) is 8.78 Å². The number of ether oxygens (including phenoxy) is 2. The predicted octanol–water partition coefficient (Wildman–Crippen LogP) is 3.71. The minimum absolute atomic E-state index is 0.452. The molecule has 2 nitrogen and oxygen atoms in total. The molecule has 0 aromatic heterocycles. The van der Waals surface area contributed by atoms with Crippen LogP contribution in [0.15, 0.2) is 12.1 Å². The van der Waals surface area contributed by atoms with Crippen molar-refractivity contribution >= 4 is 15.9 Å². The molecule has 0 bridgehead atoms. The molecule has 0 saturated carbocycles. The van der Waals surface area contributed by atoms with E-state index in [1.54, 1.807) is 19.1 Å². The molecule has 0 radical (unpaired) electrons. The number of aryl methyl sites for hydroxylation is 1. The second-order valence-corrected chi connectivity index (χ2v) is 4.29. The number of hydrogen-bond acceptors (Lipinski definition) is 2. The third kappa shape index (κ3) is 2.64. The highest BCUT2D eigenvalue weighted by atomic mass is 79.9. The summed E-state index contributed by atoms with van der Waals surface area (Å²) in [7, 11) is 2.98. The van der Waals surface area contributed by atoms with E-state index in [4.69, 9.17) is 9.47 Å². The van der Waals surface area contributed by atoms with Crippen LogP contribution in [-0.4, -0.2) is 20.6 Å². The Morgan fingerprint density at radius 3 is 2.06 bits per heavy atom. The van der Waals surface area contributed by atoms with Crippen LogP contribution in [0.2, 0.25) is 0 Å². The Morgan fingerprint density at radius 2 is 1.62 bits per heavy atom. The summed E-state index contributed by atoms with van der Waals surface area (Å²) in [5.74, 6) is 0.992. The van der Waals surface area contributed by atoms with Crippen molar-refractivity contribution in [3.8, 4) is 11.5 Å². The van der Waals surface area contributed by atoms with Gasteiger partial charge in [0.15, 0.2) is 11.5 Å². The van der Waals surface area contributed by atoms with Crippen LogP contribution in [0.3, 0.4) is 0 Å². The lowest BCUT2D eigenvalue weighted by atomic mass is 10.0. The van der Waals surface area contributed by atoms with Crippen molar-refractivity contribution in [3.05, 3.63) is 23.3 Å². The average Bonchev–Trinajstić information content (AvgIpc) is 2.27.